The van der Waals surface area contributed by atoms with Crippen molar-refractivity contribution < 1.29 is 45.2 Å². The fraction of sp³-hybridized carbons (Fsp3) is 0.419. The van der Waals surface area contributed by atoms with Gasteiger partial charge in [0, 0.05) is 54.4 Å². The number of fused-ring (bicyclic) bond motifs is 1. The van der Waals surface area contributed by atoms with Crippen molar-refractivity contribution in [1.29, 1.82) is 10.0 Å². The van der Waals surface area contributed by atoms with Crippen molar-refractivity contribution in [2.24, 2.45) is 0 Å². The number of hydrogen-bond acceptors (Lipinski definition) is 13. The summed E-state index contributed by atoms with van der Waals surface area (Å²) in [7, 11) is -7.18. The Morgan fingerprint density at radius 2 is 1.83 bits per heavy atom. The van der Waals surface area contributed by atoms with E-state index in [1.54, 1.807) is 6.20 Å². The van der Waals surface area contributed by atoms with Gasteiger partial charge in [-0.15, -0.1) is 0 Å². The van der Waals surface area contributed by atoms with Crippen LogP contribution in [0.2, 0.25) is 0 Å². The Bertz CT molecular complexity index is 2790. The molecule has 1 aliphatic carbocycles. The summed E-state index contributed by atoms with van der Waals surface area (Å²) in [5, 5.41) is 22.8. The molecule has 63 heavy (non-hydrogen) atoms. The van der Waals surface area contributed by atoms with Crippen LogP contribution in [0.3, 0.4) is 0 Å². The van der Waals surface area contributed by atoms with Gasteiger partial charge >= 0.3 is 6.18 Å². The predicted molar refractivity (Wildman–Crippen MR) is 229 cm³/mol. The highest BCUT2D eigenvalue weighted by molar-refractivity contribution is 7.93. The molecule has 2 unspecified atom stereocenters. The number of alkyl halides is 3. The minimum Gasteiger partial charge on any atom is -0.494 e. The molecule has 2 aliphatic rings. The molecule has 1 saturated carbocycles. The summed E-state index contributed by atoms with van der Waals surface area (Å²) in [6.07, 6.45) is 3.87. The number of aryl methyl sites for hydroxylation is 1. The molecule has 0 radical (unpaired) electrons. The van der Waals surface area contributed by atoms with Crippen LogP contribution in [-0.4, -0.2) is 93.2 Å². The number of nitrogens with one attached hydrogen (secondary N) is 2. The summed E-state index contributed by atoms with van der Waals surface area (Å²) in [5.74, 6) is -0.690. The number of anilines is 2. The second-order valence-corrected chi connectivity index (χ2v) is 20.7. The molecule has 0 spiro atoms. The first-order valence-corrected chi connectivity index (χ1v) is 23.9. The van der Waals surface area contributed by atoms with Gasteiger partial charge in [0.05, 0.1) is 73.9 Å². The molecule has 1 saturated heterocycles. The average Bonchev–Trinajstić information content (AvgIpc) is 3.97. The van der Waals surface area contributed by atoms with Gasteiger partial charge in [-0.3, -0.25) is 9.57 Å². The lowest BCUT2D eigenvalue weighted by atomic mass is 10.1. The second kappa shape index (κ2) is 17.5. The molecular weight excluding hydrogens is 862 g/mol. The molecule has 3 aromatic heterocycles. The topological polar surface area (TPSA) is 213 Å². The first kappa shape index (κ1) is 45.4. The van der Waals surface area contributed by atoms with Crippen LogP contribution in [0, 0.1) is 16.1 Å². The number of aromatic nitrogens is 4. The normalized spacial score (nSPS) is 18.3. The van der Waals surface area contributed by atoms with Crippen LogP contribution in [0.25, 0.3) is 22.4 Å². The summed E-state index contributed by atoms with van der Waals surface area (Å²) < 4.78 is 101. The molecule has 0 bridgehead atoms. The predicted octanol–water partition coefficient (Wildman–Crippen LogP) is 6.69. The molecule has 7 rings (SSSR count). The lowest BCUT2D eigenvalue weighted by molar-refractivity contribution is -0.137. The van der Waals surface area contributed by atoms with Crippen LogP contribution in [0.15, 0.2) is 78.0 Å². The van der Waals surface area contributed by atoms with E-state index in [0.717, 1.165) is 54.3 Å². The Kier molecular flexibility index (Phi) is 12.6. The quantitative estimate of drug-likeness (QED) is 0.0884. The van der Waals surface area contributed by atoms with Crippen LogP contribution in [0.1, 0.15) is 62.8 Å². The van der Waals surface area contributed by atoms with Gasteiger partial charge in [0.1, 0.15) is 17.2 Å². The van der Waals surface area contributed by atoms with E-state index >= 15 is 0 Å². The minimum absolute atomic E-state index is 0.0792. The van der Waals surface area contributed by atoms with Crippen molar-refractivity contribution in [3.8, 4) is 23.2 Å². The SMILES string of the molecule is C[C@@H]1COCCN1c1cc(C2(S(C)(=N)=O)CC2)nc(-c2ccnc3c2ccn3CCCCCOc2ccc(S(=O)(=O)CC(C)(O)C(=O)Nc3ccc(C#N)c(C(F)(F)F)c3)cc2)n1. The average molecular weight is 909 g/mol. The third kappa shape index (κ3) is 9.81. The number of halogens is 3. The molecule has 4 heterocycles. The summed E-state index contributed by atoms with van der Waals surface area (Å²) >= 11 is 0. The highest BCUT2D eigenvalue weighted by Crippen LogP contribution is 2.53. The highest BCUT2D eigenvalue weighted by Gasteiger charge is 2.53. The van der Waals surface area contributed by atoms with Crippen LogP contribution >= 0.6 is 0 Å². The van der Waals surface area contributed by atoms with Gasteiger partial charge in [0.25, 0.3) is 5.91 Å². The Hall–Kier alpha value is -5.62. The molecule has 334 valence electrons. The number of benzene rings is 2. The summed E-state index contributed by atoms with van der Waals surface area (Å²) in [6.45, 7) is 5.81. The Morgan fingerprint density at radius 1 is 1.08 bits per heavy atom. The lowest BCUT2D eigenvalue weighted by Crippen LogP contribution is -2.45. The maximum Gasteiger partial charge on any atom is 0.417 e. The number of amides is 1. The summed E-state index contributed by atoms with van der Waals surface area (Å²) in [5.41, 5.74) is -2.66. The standard InChI is InChI=1S/C43H47F3N8O7S2/c1-28-26-60-22-20-54(28)37-24-36(42(15-16-42)62(3,48)57)51-38(52-37)33-13-17-49-39-34(33)14-19-53(39)18-5-4-6-21-61-31-9-11-32(12-10-31)63(58,59)27-41(2,56)40(55)50-30-8-7-29(25-47)35(23-30)43(44,45)46/h7-14,17,19,23-24,28,48,56H,4-6,15-16,18,20-22,26-27H2,1-3H3,(H,50,55)/t28-,41?,62?/m1/s1. The molecule has 2 aromatic carbocycles. The monoisotopic (exact) mass is 908 g/mol. The number of sulfone groups is 1. The Labute approximate surface area is 363 Å². The number of aliphatic hydroxyl groups is 1. The van der Waals surface area contributed by atoms with Gasteiger partial charge in [-0.05, 0) is 101 Å². The molecule has 20 heteroatoms. The van der Waals surface area contributed by atoms with Gasteiger partial charge in [-0.25, -0.2) is 27.6 Å². The fourth-order valence-electron chi connectivity index (χ4n) is 7.66. The number of ether oxygens (including phenoxy) is 2. The molecule has 1 amide bonds. The van der Waals surface area contributed by atoms with Crippen molar-refractivity contribution in [3.63, 3.8) is 0 Å². The summed E-state index contributed by atoms with van der Waals surface area (Å²) in [6, 6.07) is 15.2. The molecule has 5 aromatic rings. The number of carbonyl (C=O) groups excluding carboxylic acids is 1. The van der Waals surface area contributed by atoms with Crippen LogP contribution in [-0.2, 0) is 46.6 Å². The fourth-order valence-corrected chi connectivity index (χ4v) is 10.6. The Morgan fingerprint density at radius 3 is 2.49 bits per heavy atom. The maximum absolute atomic E-state index is 13.4. The second-order valence-electron chi connectivity index (χ2n) is 16.2. The van der Waals surface area contributed by atoms with E-state index in [2.05, 4.69) is 26.7 Å². The van der Waals surface area contributed by atoms with E-state index in [-0.39, 0.29) is 16.6 Å². The largest absolute Gasteiger partial charge is 0.494 e. The molecule has 1 aliphatic heterocycles. The van der Waals surface area contributed by atoms with E-state index in [1.165, 1.54) is 36.6 Å². The van der Waals surface area contributed by atoms with Crippen LogP contribution in [0.4, 0.5) is 24.7 Å². The lowest BCUT2D eigenvalue weighted by Gasteiger charge is -2.35. The number of pyridine rings is 1. The van der Waals surface area contributed by atoms with Crippen LogP contribution < -0.4 is 15.0 Å². The minimum atomic E-state index is -4.88. The van der Waals surface area contributed by atoms with Crippen molar-refractivity contribution in [3.05, 3.63) is 89.9 Å². The van der Waals surface area contributed by atoms with Gasteiger partial charge in [-0.1, -0.05) is 0 Å². The number of unbranched alkanes of at least 4 members (excludes halogenated alkanes) is 2. The van der Waals surface area contributed by atoms with Crippen molar-refractivity contribution >= 4 is 48.0 Å². The first-order chi connectivity index (χ1) is 29.7. The Balaban J connectivity index is 0.934. The molecule has 15 nitrogen and oxygen atoms in total. The summed E-state index contributed by atoms with van der Waals surface area (Å²) in [4.78, 5) is 29.4. The zero-order valence-corrected chi connectivity index (χ0v) is 36.4. The van der Waals surface area contributed by atoms with Gasteiger partial charge in [0.15, 0.2) is 21.3 Å². The van der Waals surface area contributed by atoms with E-state index in [9.17, 15) is 35.7 Å². The first-order valence-electron chi connectivity index (χ1n) is 20.2. The van der Waals surface area contributed by atoms with E-state index in [1.807, 2.05) is 24.4 Å². The third-order valence-corrected chi connectivity index (χ3v) is 15.4. The van der Waals surface area contributed by atoms with Crippen molar-refractivity contribution in [1.82, 2.24) is 19.5 Å². The van der Waals surface area contributed by atoms with Gasteiger partial charge < -0.3 is 29.4 Å². The van der Waals surface area contributed by atoms with Crippen LogP contribution in [0.5, 0.6) is 5.75 Å². The number of hydrogen-bond donors (Lipinski definition) is 3. The number of morpholine rings is 1. The number of carbonyl (C=O) groups is 1. The number of nitriles is 1. The van der Waals surface area contributed by atoms with E-state index < -0.39 is 58.9 Å². The smallest absolute Gasteiger partial charge is 0.417 e. The van der Waals surface area contributed by atoms with Crippen molar-refractivity contribution in [2.45, 2.75) is 80.0 Å². The molecule has 3 atom stereocenters. The van der Waals surface area contributed by atoms with Crippen molar-refractivity contribution in [2.75, 3.05) is 48.6 Å². The molecule has 2 fully saturated rings. The van der Waals surface area contributed by atoms with Gasteiger partial charge in [-0.2, -0.15) is 18.4 Å². The van der Waals surface area contributed by atoms with E-state index in [4.69, 9.17) is 29.5 Å². The third-order valence-electron chi connectivity index (χ3n) is 11.4. The number of nitrogens with zero attached hydrogens (tertiary/aromatic N) is 6. The molecular formula is C43H47F3N8O7S2. The number of rotatable bonds is 16. The van der Waals surface area contributed by atoms with E-state index in [0.29, 0.717) is 75.5 Å². The zero-order chi connectivity index (χ0) is 45.4. The maximum atomic E-state index is 13.4. The molecule has 3 N–H and O–H groups in total. The highest BCUT2D eigenvalue weighted by atomic mass is 32.2. The van der Waals surface area contributed by atoms with Gasteiger partial charge in [0.2, 0.25) is 0 Å². The zero-order valence-electron chi connectivity index (χ0n) is 34.8.